The summed E-state index contributed by atoms with van der Waals surface area (Å²) in [6.07, 6.45) is 0. The number of phenols is 3. The minimum Gasteiger partial charge on any atom is -0.508 e. The summed E-state index contributed by atoms with van der Waals surface area (Å²) in [6.45, 7) is 0.317. The number of hydrogen-bond acceptors (Lipinski definition) is 6. The van der Waals surface area contributed by atoms with E-state index in [2.05, 4.69) is 0 Å². The van der Waals surface area contributed by atoms with Crippen LogP contribution in [0.25, 0.3) is 22.3 Å². The number of phenolic OH excluding ortho intramolecular Hbond substituents is 3. The van der Waals surface area contributed by atoms with Crippen molar-refractivity contribution in [1.29, 1.82) is 0 Å². The van der Waals surface area contributed by atoms with E-state index >= 15 is 0 Å². The van der Waals surface area contributed by atoms with Gasteiger partial charge in [-0.2, -0.15) is 0 Å². The van der Waals surface area contributed by atoms with Crippen molar-refractivity contribution in [3.63, 3.8) is 0 Å². The summed E-state index contributed by atoms with van der Waals surface area (Å²) in [7, 11) is 2.97. The molecule has 0 aromatic heterocycles. The second-order valence-corrected chi connectivity index (χ2v) is 7.39. The van der Waals surface area contributed by atoms with Gasteiger partial charge in [-0.15, -0.1) is 0 Å². The Morgan fingerprint density at radius 1 is 0.697 bits per heavy atom. The molecule has 4 rings (SSSR count). The third-order valence-corrected chi connectivity index (χ3v) is 5.31. The number of methoxy groups -OCH3 is 2. The van der Waals surface area contributed by atoms with E-state index in [4.69, 9.17) is 14.2 Å². The quantitative estimate of drug-likeness (QED) is 0.337. The van der Waals surface area contributed by atoms with Crippen molar-refractivity contribution in [3.8, 4) is 56.8 Å². The van der Waals surface area contributed by atoms with E-state index < -0.39 is 0 Å². The van der Waals surface area contributed by atoms with E-state index in [1.807, 2.05) is 30.3 Å². The molecule has 0 atom stereocenters. The van der Waals surface area contributed by atoms with Gasteiger partial charge in [0.15, 0.2) is 23.0 Å². The van der Waals surface area contributed by atoms with Gasteiger partial charge in [0.25, 0.3) is 0 Å². The van der Waals surface area contributed by atoms with Crippen LogP contribution in [0.5, 0.6) is 34.5 Å². The maximum Gasteiger partial charge on any atom is 0.170 e. The molecule has 0 unspecified atom stereocenters. The SMILES string of the molecule is COc1cc(-c2ccc(O)cc2)c(OC)c(O)c1-c1ccc(OCc2ccccc2)c(O)c1. The lowest BCUT2D eigenvalue weighted by molar-refractivity contribution is 0.289. The Bertz CT molecular complexity index is 1250. The minimum absolute atomic E-state index is 0.0635. The maximum atomic E-state index is 11.1. The van der Waals surface area contributed by atoms with Gasteiger partial charge in [-0.25, -0.2) is 0 Å². The summed E-state index contributed by atoms with van der Waals surface area (Å²) in [5.74, 6) is 0.919. The molecule has 0 radical (unpaired) electrons. The zero-order valence-corrected chi connectivity index (χ0v) is 18.3. The molecule has 0 heterocycles. The largest absolute Gasteiger partial charge is 0.508 e. The Kier molecular flexibility index (Phi) is 6.26. The maximum absolute atomic E-state index is 11.1. The fourth-order valence-electron chi connectivity index (χ4n) is 3.66. The number of hydrogen-bond donors (Lipinski definition) is 3. The van der Waals surface area contributed by atoms with Gasteiger partial charge in [-0.3, -0.25) is 0 Å². The first-order valence-corrected chi connectivity index (χ1v) is 10.3. The summed E-state index contributed by atoms with van der Waals surface area (Å²) in [5, 5.41) is 31.3. The van der Waals surface area contributed by atoms with Crippen LogP contribution in [0.15, 0.2) is 78.9 Å². The molecule has 6 nitrogen and oxygen atoms in total. The molecule has 4 aromatic carbocycles. The molecule has 4 aromatic rings. The third kappa shape index (κ3) is 4.50. The lowest BCUT2D eigenvalue weighted by Crippen LogP contribution is -1.97. The third-order valence-electron chi connectivity index (χ3n) is 5.31. The van der Waals surface area contributed by atoms with Crippen LogP contribution in [0.2, 0.25) is 0 Å². The Hall–Kier alpha value is -4.32. The molecule has 168 valence electrons. The zero-order valence-electron chi connectivity index (χ0n) is 18.3. The first-order chi connectivity index (χ1) is 16.0. The monoisotopic (exact) mass is 444 g/mol. The second-order valence-electron chi connectivity index (χ2n) is 7.39. The predicted octanol–water partition coefficient (Wildman–Crippen LogP) is 5.73. The van der Waals surface area contributed by atoms with Gasteiger partial charge in [-0.05, 0) is 47.0 Å². The highest BCUT2D eigenvalue weighted by molar-refractivity contribution is 5.88. The molecule has 0 amide bonds. The van der Waals surface area contributed by atoms with Gasteiger partial charge in [0.05, 0.1) is 19.8 Å². The number of rotatable bonds is 7. The van der Waals surface area contributed by atoms with Crippen molar-refractivity contribution >= 4 is 0 Å². The molecule has 0 aliphatic heterocycles. The number of benzene rings is 4. The van der Waals surface area contributed by atoms with E-state index in [0.717, 1.165) is 11.1 Å². The second kappa shape index (κ2) is 9.44. The molecule has 0 saturated heterocycles. The highest BCUT2D eigenvalue weighted by Crippen LogP contribution is 2.50. The lowest BCUT2D eigenvalue weighted by atomic mass is 9.96. The van der Waals surface area contributed by atoms with Crippen LogP contribution in [-0.4, -0.2) is 29.5 Å². The van der Waals surface area contributed by atoms with Crippen LogP contribution in [0.3, 0.4) is 0 Å². The van der Waals surface area contributed by atoms with E-state index in [0.29, 0.717) is 34.8 Å². The van der Waals surface area contributed by atoms with Crippen molar-refractivity contribution < 1.29 is 29.5 Å². The first kappa shape index (κ1) is 21.9. The van der Waals surface area contributed by atoms with Crippen LogP contribution < -0.4 is 14.2 Å². The Morgan fingerprint density at radius 2 is 1.39 bits per heavy atom. The average Bonchev–Trinajstić information content (AvgIpc) is 2.84. The lowest BCUT2D eigenvalue weighted by Gasteiger charge is -2.18. The molecule has 0 bridgehead atoms. The summed E-state index contributed by atoms with van der Waals surface area (Å²) >= 11 is 0. The van der Waals surface area contributed by atoms with Crippen LogP contribution in [-0.2, 0) is 6.61 Å². The fraction of sp³-hybridized carbons (Fsp3) is 0.111. The van der Waals surface area contributed by atoms with Crippen LogP contribution in [0.4, 0.5) is 0 Å². The van der Waals surface area contributed by atoms with Gasteiger partial charge in [0.1, 0.15) is 18.1 Å². The van der Waals surface area contributed by atoms with Gasteiger partial charge in [0, 0.05) is 5.56 Å². The van der Waals surface area contributed by atoms with E-state index in [9.17, 15) is 15.3 Å². The first-order valence-electron chi connectivity index (χ1n) is 10.3. The topological polar surface area (TPSA) is 88.4 Å². The minimum atomic E-state index is -0.128. The average molecular weight is 444 g/mol. The normalized spacial score (nSPS) is 10.6. The standard InChI is InChI=1S/C27H24O6/c1-31-24-15-21(18-8-11-20(28)12-9-18)27(32-2)26(30)25(24)19-10-13-23(22(29)14-19)33-16-17-6-4-3-5-7-17/h3-15,28-30H,16H2,1-2H3. The van der Waals surface area contributed by atoms with Crippen molar-refractivity contribution in [3.05, 3.63) is 84.4 Å². The highest BCUT2D eigenvalue weighted by Gasteiger charge is 2.22. The van der Waals surface area contributed by atoms with Crippen molar-refractivity contribution in [2.45, 2.75) is 6.61 Å². The van der Waals surface area contributed by atoms with Gasteiger partial charge < -0.3 is 29.5 Å². The fourth-order valence-corrected chi connectivity index (χ4v) is 3.66. The van der Waals surface area contributed by atoms with Crippen LogP contribution in [0, 0.1) is 0 Å². The van der Waals surface area contributed by atoms with E-state index in [1.165, 1.54) is 20.3 Å². The van der Waals surface area contributed by atoms with Crippen LogP contribution in [0.1, 0.15) is 5.56 Å². The zero-order chi connectivity index (χ0) is 23.4. The molecule has 33 heavy (non-hydrogen) atoms. The molecule has 3 N–H and O–H groups in total. The molecule has 0 aliphatic rings. The predicted molar refractivity (Wildman–Crippen MR) is 126 cm³/mol. The Labute approximate surface area is 191 Å². The summed E-state index contributed by atoms with van der Waals surface area (Å²) in [5.41, 5.74) is 3.22. The Balaban J connectivity index is 1.72. The van der Waals surface area contributed by atoms with Crippen molar-refractivity contribution in [1.82, 2.24) is 0 Å². The molecule has 0 fully saturated rings. The van der Waals surface area contributed by atoms with Gasteiger partial charge >= 0.3 is 0 Å². The molecular formula is C27H24O6. The van der Waals surface area contributed by atoms with Crippen molar-refractivity contribution in [2.75, 3.05) is 14.2 Å². The molecule has 0 saturated carbocycles. The smallest absolute Gasteiger partial charge is 0.170 e. The van der Waals surface area contributed by atoms with Gasteiger partial charge in [-0.1, -0.05) is 48.5 Å². The number of aromatic hydroxyl groups is 3. The molecule has 0 aliphatic carbocycles. The van der Waals surface area contributed by atoms with Crippen LogP contribution >= 0.6 is 0 Å². The summed E-state index contributed by atoms with van der Waals surface area (Å²) < 4.78 is 16.8. The summed E-state index contributed by atoms with van der Waals surface area (Å²) in [4.78, 5) is 0. The van der Waals surface area contributed by atoms with Crippen molar-refractivity contribution in [2.24, 2.45) is 0 Å². The molecular weight excluding hydrogens is 420 g/mol. The van der Waals surface area contributed by atoms with E-state index in [1.54, 1.807) is 42.5 Å². The number of ether oxygens (including phenoxy) is 3. The van der Waals surface area contributed by atoms with Gasteiger partial charge in [0.2, 0.25) is 0 Å². The Morgan fingerprint density at radius 3 is 2.03 bits per heavy atom. The summed E-state index contributed by atoms with van der Waals surface area (Å²) in [6, 6.07) is 22.8. The molecule has 6 heteroatoms. The molecule has 0 spiro atoms. The highest BCUT2D eigenvalue weighted by atomic mass is 16.5. The van der Waals surface area contributed by atoms with E-state index in [-0.39, 0.29) is 23.0 Å².